The predicted molar refractivity (Wildman–Crippen MR) is 80.0 cm³/mol. The Kier molecular flexibility index (Phi) is 2.71. The second-order valence-corrected chi connectivity index (χ2v) is 6.18. The highest BCUT2D eigenvalue weighted by molar-refractivity contribution is 7.18. The maximum atomic E-state index is 11.8. The molecule has 1 fully saturated rings. The van der Waals surface area contributed by atoms with E-state index in [-0.39, 0.29) is 11.5 Å². The third-order valence-electron chi connectivity index (χ3n) is 3.65. The number of nitrogens with zero attached hydrogens (tertiary/aromatic N) is 3. The molecule has 0 unspecified atom stereocenters. The van der Waals surface area contributed by atoms with E-state index < -0.39 is 0 Å². The summed E-state index contributed by atoms with van der Waals surface area (Å²) in [5.41, 5.74) is 1.47. The van der Waals surface area contributed by atoms with Crippen molar-refractivity contribution < 1.29 is 4.79 Å². The van der Waals surface area contributed by atoms with Gasteiger partial charge in [0.2, 0.25) is 0 Å². The van der Waals surface area contributed by atoms with Crippen molar-refractivity contribution in [3.8, 4) is 5.69 Å². The van der Waals surface area contributed by atoms with Crippen LogP contribution in [0.4, 0.5) is 0 Å². The van der Waals surface area contributed by atoms with Crippen LogP contribution in [0, 0.1) is 0 Å². The standard InChI is InChI=1S/C15H11N3O2S/c19-11-6-9(7-11)15-17-12-4-3-10(8-13(12)21-15)18-14(20)2-1-5-16-18/h1-5,8-9H,6-7H2. The lowest BCUT2D eigenvalue weighted by atomic mass is 9.85. The summed E-state index contributed by atoms with van der Waals surface area (Å²) in [6, 6.07) is 8.76. The minimum atomic E-state index is -0.161. The smallest absolute Gasteiger partial charge is 0.271 e. The largest absolute Gasteiger partial charge is 0.300 e. The Balaban J connectivity index is 1.78. The van der Waals surface area contributed by atoms with Crippen LogP contribution in [0.1, 0.15) is 23.8 Å². The van der Waals surface area contributed by atoms with E-state index in [1.54, 1.807) is 23.6 Å². The van der Waals surface area contributed by atoms with E-state index in [1.165, 1.54) is 10.7 Å². The van der Waals surface area contributed by atoms with Gasteiger partial charge in [-0.2, -0.15) is 9.78 Å². The molecule has 1 aromatic carbocycles. The molecule has 104 valence electrons. The molecule has 2 heterocycles. The highest BCUT2D eigenvalue weighted by Gasteiger charge is 2.30. The van der Waals surface area contributed by atoms with Crippen molar-refractivity contribution in [2.75, 3.05) is 0 Å². The Labute approximate surface area is 123 Å². The third-order valence-corrected chi connectivity index (χ3v) is 4.83. The number of hydrogen-bond donors (Lipinski definition) is 0. The lowest BCUT2D eigenvalue weighted by molar-refractivity contribution is -0.124. The number of hydrogen-bond acceptors (Lipinski definition) is 5. The summed E-state index contributed by atoms with van der Waals surface area (Å²) in [6.07, 6.45) is 2.79. The summed E-state index contributed by atoms with van der Waals surface area (Å²) in [4.78, 5) is 27.5. The van der Waals surface area contributed by atoms with Crippen LogP contribution in [0.25, 0.3) is 15.9 Å². The lowest BCUT2D eigenvalue weighted by Gasteiger charge is -2.20. The first-order valence-electron chi connectivity index (χ1n) is 6.67. The van der Waals surface area contributed by atoms with Gasteiger partial charge in [-0.25, -0.2) is 4.98 Å². The van der Waals surface area contributed by atoms with Crippen molar-refractivity contribution in [3.63, 3.8) is 0 Å². The Morgan fingerprint density at radius 3 is 2.81 bits per heavy atom. The molecule has 3 aromatic rings. The van der Waals surface area contributed by atoms with Gasteiger partial charge in [-0.1, -0.05) is 0 Å². The number of carbonyl (C=O) groups excluding carboxylic acids is 1. The summed E-state index contributed by atoms with van der Waals surface area (Å²) in [7, 11) is 0. The molecule has 2 aromatic heterocycles. The number of carbonyl (C=O) groups is 1. The summed E-state index contributed by atoms with van der Waals surface area (Å²) < 4.78 is 2.38. The van der Waals surface area contributed by atoms with Crippen molar-refractivity contribution in [1.29, 1.82) is 0 Å². The average Bonchev–Trinajstić information content (AvgIpc) is 2.86. The van der Waals surface area contributed by atoms with Gasteiger partial charge in [0, 0.05) is 31.0 Å². The fraction of sp³-hybridized carbons (Fsp3) is 0.200. The first-order valence-corrected chi connectivity index (χ1v) is 7.49. The van der Waals surface area contributed by atoms with E-state index in [0.717, 1.165) is 20.9 Å². The van der Waals surface area contributed by atoms with E-state index in [9.17, 15) is 9.59 Å². The Morgan fingerprint density at radius 1 is 1.19 bits per heavy atom. The highest BCUT2D eigenvalue weighted by Crippen LogP contribution is 2.38. The molecule has 0 radical (unpaired) electrons. The zero-order chi connectivity index (χ0) is 14.4. The molecule has 0 N–H and O–H groups in total. The van der Waals surface area contributed by atoms with Gasteiger partial charge >= 0.3 is 0 Å². The Morgan fingerprint density at radius 2 is 2.05 bits per heavy atom. The fourth-order valence-corrected chi connectivity index (χ4v) is 3.55. The molecule has 0 spiro atoms. The SMILES string of the molecule is O=C1CC(c2nc3ccc(-n4ncccc4=O)cc3s2)C1. The number of thiazole rings is 1. The van der Waals surface area contributed by atoms with Gasteiger partial charge in [-0.15, -0.1) is 11.3 Å². The summed E-state index contributed by atoms with van der Waals surface area (Å²) in [5.74, 6) is 0.580. The third kappa shape index (κ3) is 2.08. The molecule has 21 heavy (non-hydrogen) atoms. The molecule has 0 amide bonds. The summed E-state index contributed by atoms with van der Waals surface area (Å²) in [6.45, 7) is 0. The molecule has 1 aliphatic rings. The van der Waals surface area contributed by atoms with Crippen molar-refractivity contribution in [2.45, 2.75) is 18.8 Å². The molecule has 4 rings (SSSR count). The number of Topliss-reactive ketones (excluding diaryl/α,β-unsaturated/α-hetero) is 1. The maximum Gasteiger partial charge on any atom is 0.271 e. The zero-order valence-electron chi connectivity index (χ0n) is 11.0. The second-order valence-electron chi connectivity index (χ2n) is 5.12. The fourth-order valence-electron chi connectivity index (χ4n) is 2.45. The van der Waals surface area contributed by atoms with Crippen LogP contribution in [-0.2, 0) is 4.79 Å². The molecule has 1 aliphatic carbocycles. The van der Waals surface area contributed by atoms with Crippen LogP contribution in [0.3, 0.4) is 0 Å². The minimum Gasteiger partial charge on any atom is -0.300 e. The van der Waals surface area contributed by atoms with Crippen molar-refractivity contribution >= 4 is 27.3 Å². The van der Waals surface area contributed by atoms with Crippen molar-refractivity contribution in [3.05, 3.63) is 51.9 Å². The van der Waals surface area contributed by atoms with Gasteiger partial charge in [-0.3, -0.25) is 9.59 Å². The van der Waals surface area contributed by atoms with Crippen LogP contribution >= 0.6 is 11.3 Å². The van der Waals surface area contributed by atoms with Crippen LogP contribution in [0.2, 0.25) is 0 Å². The number of fused-ring (bicyclic) bond motifs is 1. The Bertz CT molecular complexity index is 904. The lowest BCUT2D eigenvalue weighted by Crippen LogP contribution is -2.20. The second kappa shape index (κ2) is 4.60. The van der Waals surface area contributed by atoms with E-state index in [2.05, 4.69) is 10.1 Å². The minimum absolute atomic E-state index is 0.161. The number of aromatic nitrogens is 3. The zero-order valence-corrected chi connectivity index (χ0v) is 11.8. The van der Waals surface area contributed by atoms with E-state index >= 15 is 0 Å². The first-order chi connectivity index (χ1) is 10.2. The number of benzene rings is 1. The molecular weight excluding hydrogens is 286 g/mol. The van der Waals surface area contributed by atoms with Gasteiger partial charge in [0.1, 0.15) is 5.78 Å². The number of rotatable bonds is 2. The van der Waals surface area contributed by atoms with Crippen LogP contribution < -0.4 is 5.56 Å². The highest BCUT2D eigenvalue weighted by atomic mass is 32.1. The summed E-state index contributed by atoms with van der Waals surface area (Å²) >= 11 is 1.59. The molecule has 0 atom stereocenters. The molecule has 6 heteroatoms. The normalized spacial score (nSPS) is 15.3. The molecule has 0 bridgehead atoms. The molecule has 1 saturated carbocycles. The monoisotopic (exact) mass is 297 g/mol. The average molecular weight is 297 g/mol. The van der Waals surface area contributed by atoms with Gasteiger partial charge in [0.25, 0.3) is 5.56 Å². The van der Waals surface area contributed by atoms with Gasteiger partial charge in [0.15, 0.2) is 0 Å². The van der Waals surface area contributed by atoms with Gasteiger partial charge in [-0.05, 0) is 24.3 Å². The number of ketones is 1. The van der Waals surface area contributed by atoms with Crippen molar-refractivity contribution in [2.24, 2.45) is 0 Å². The Hall–Kier alpha value is -2.34. The van der Waals surface area contributed by atoms with Crippen molar-refractivity contribution in [1.82, 2.24) is 14.8 Å². The molecule has 0 aliphatic heterocycles. The summed E-state index contributed by atoms with van der Waals surface area (Å²) in [5, 5.41) is 5.09. The van der Waals surface area contributed by atoms with Crippen LogP contribution in [-0.4, -0.2) is 20.5 Å². The van der Waals surface area contributed by atoms with E-state index in [4.69, 9.17) is 0 Å². The van der Waals surface area contributed by atoms with E-state index in [0.29, 0.717) is 18.6 Å². The quantitative estimate of drug-likeness (QED) is 0.728. The van der Waals surface area contributed by atoms with Crippen LogP contribution in [0.5, 0.6) is 0 Å². The van der Waals surface area contributed by atoms with Gasteiger partial charge in [0.05, 0.1) is 20.9 Å². The topological polar surface area (TPSA) is 64.8 Å². The molecule has 5 nitrogen and oxygen atoms in total. The molecular formula is C15H11N3O2S. The first kappa shape index (κ1) is 12.4. The molecule has 0 saturated heterocycles. The maximum absolute atomic E-state index is 11.8. The van der Waals surface area contributed by atoms with E-state index in [1.807, 2.05) is 18.2 Å². The van der Waals surface area contributed by atoms with Crippen LogP contribution in [0.15, 0.2) is 41.3 Å². The van der Waals surface area contributed by atoms with Gasteiger partial charge < -0.3 is 0 Å². The predicted octanol–water partition coefficient (Wildman–Crippen LogP) is 2.29.